The van der Waals surface area contributed by atoms with E-state index in [9.17, 15) is 4.79 Å². The van der Waals surface area contributed by atoms with E-state index in [-0.39, 0.29) is 5.91 Å². The summed E-state index contributed by atoms with van der Waals surface area (Å²) in [5, 5.41) is 5.26. The highest BCUT2D eigenvalue weighted by Gasteiger charge is 2.08. The van der Waals surface area contributed by atoms with Gasteiger partial charge in [0, 0.05) is 18.7 Å². The lowest BCUT2D eigenvalue weighted by molar-refractivity contribution is 0.0951. The molecule has 3 aromatic carbocycles. The fourth-order valence-electron chi connectivity index (χ4n) is 2.83. The second-order valence-electron chi connectivity index (χ2n) is 6.25. The fraction of sp³-hybridized carbons (Fsp3) is 0.190. The van der Waals surface area contributed by atoms with Gasteiger partial charge in [-0.05, 0) is 48.1 Å². The molecule has 122 valence electrons. The van der Waals surface area contributed by atoms with Gasteiger partial charge in [0.05, 0.1) is 0 Å². The third-order valence-electron chi connectivity index (χ3n) is 4.06. The molecule has 0 bridgehead atoms. The van der Waals surface area contributed by atoms with E-state index in [1.54, 1.807) is 0 Å². The molecule has 0 saturated heterocycles. The van der Waals surface area contributed by atoms with E-state index in [2.05, 4.69) is 28.4 Å². The predicted octanol–water partition coefficient (Wildman–Crippen LogP) is 3.83. The van der Waals surface area contributed by atoms with Gasteiger partial charge in [-0.15, -0.1) is 0 Å². The largest absolute Gasteiger partial charge is 0.348 e. The molecule has 3 nitrogen and oxygen atoms in total. The van der Waals surface area contributed by atoms with Crippen LogP contribution in [0.4, 0.5) is 0 Å². The second kappa shape index (κ2) is 7.28. The van der Waals surface area contributed by atoms with Crippen LogP contribution in [0.25, 0.3) is 10.8 Å². The summed E-state index contributed by atoms with van der Waals surface area (Å²) in [5.41, 5.74) is 3.08. The minimum Gasteiger partial charge on any atom is -0.348 e. The summed E-state index contributed by atoms with van der Waals surface area (Å²) in [6.45, 7) is 1.40. The Morgan fingerprint density at radius 3 is 2.29 bits per heavy atom. The Labute approximate surface area is 142 Å². The standard InChI is InChI=1S/C21H22N2O/c1-23(2)15-20-10-6-5-9-19(20)14-22-21(24)18-12-11-16-7-3-4-8-17(16)13-18/h3-13H,14-15H2,1-2H3,(H,22,24). The van der Waals surface area contributed by atoms with Crippen molar-refractivity contribution in [1.82, 2.24) is 10.2 Å². The van der Waals surface area contributed by atoms with Gasteiger partial charge < -0.3 is 10.2 Å². The molecule has 0 fully saturated rings. The zero-order chi connectivity index (χ0) is 16.9. The summed E-state index contributed by atoms with van der Waals surface area (Å²) >= 11 is 0. The summed E-state index contributed by atoms with van der Waals surface area (Å²) in [6.07, 6.45) is 0. The molecule has 0 heterocycles. The summed E-state index contributed by atoms with van der Waals surface area (Å²) in [6, 6.07) is 22.1. The van der Waals surface area contributed by atoms with Gasteiger partial charge in [0.15, 0.2) is 0 Å². The Morgan fingerprint density at radius 2 is 1.54 bits per heavy atom. The number of nitrogens with one attached hydrogen (secondary N) is 1. The summed E-state index contributed by atoms with van der Waals surface area (Å²) < 4.78 is 0. The first-order valence-electron chi connectivity index (χ1n) is 8.12. The lowest BCUT2D eigenvalue weighted by atomic mass is 10.1. The number of hydrogen-bond donors (Lipinski definition) is 1. The number of fused-ring (bicyclic) bond motifs is 1. The van der Waals surface area contributed by atoms with Gasteiger partial charge in [0.2, 0.25) is 0 Å². The van der Waals surface area contributed by atoms with Crippen LogP contribution in [0.3, 0.4) is 0 Å². The van der Waals surface area contributed by atoms with E-state index >= 15 is 0 Å². The van der Waals surface area contributed by atoms with Crippen molar-refractivity contribution in [3.05, 3.63) is 83.4 Å². The highest BCUT2D eigenvalue weighted by molar-refractivity contribution is 5.98. The van der Waals surface area contributed by atoms with Gasteiger partial charge >= 0.3 is 0 Å². The van der Waals surface area contributed by atoms with Crippen molar-refractivity contribution in [1.29, 1.82) is 0 Å². The minimum atomic E-state index is -0.0413. The highest BCUT2D eigenvalue weighted by Crippen LogP contribution is 2.16. The van der Waals surface area contributed by atoms with Gasteiger partial charge in [-0.2, -0.15) is 0 Å². The lowest BCUT2D eigenvalue weighted by Gasteiger charge is -2.14. The van der Waals surface area contributed by atoms with Crippen LogP contribution >= 0.6 is 0 Å². The van der Waals surface area contributed by atoms with Crippen LogP contribution in [0.2, 0.25) is 0 Å². The topological polar surface area (TPSA) is 32.3 Å². The molecule has 3 aromatic rings. The molecule has 0 aliphatic heterocycles. The monoisotopic (exact) mass is 318 g/mol. The normalized spacial score (nSPS) is 11.0. The van der Waals surface area contributed by atoms with Gasteiger partial charge in [0.25, 0.3) is 5.91 Å². The average Bonchev–Trinajstić information content (AvgIpc) is 2.60. The van der Waals surface area contributed by atoms with Crippen molar-refractivity contribution in [2.24, 2.45) is 0 Å². The molecule has 0 saturated carbocycles. The molecule has 0 aromatic heterocycles. The highest BCUT2D eigenvalue weighted by atomic mass is 16.1. The number of amides is 1. The van der Waals surface area contributed by atoms with E-state index in [1.165, 1.54) is 5.56 Å². The molecule has 1 N–H and O–H groups in total. The Kier molecular flexibility index (Phi) is 4.92. The van der Waals surface area contributed by atoms with Gasteiger partial charge in [0.1, 0.15) is 0 Å². The maximum absolute atomic E-state index is 12.5. The van der Waals surface area contributed by atoms with Crippen molar-refractivity contribution in [2.45, 2.75) is 13.1 Å². The molecule has 0 aliphatic carbocycles. The number of nitrogens with zero attached hydrogens (tertiary/aromatic N) is 1. The first kappa shape index (κ1) is 16.2. The smallest absolute Gasteiger partial charge is 0.251 e. The van der Waals surface area contributed by atoms with Gasteiger partial charge in [-0.1, -0.05) is 54.6 Å². The minimum absolute atomic E-state index is 0.0413. The maximum Gasteiger partial charge on any atom is 0.251 e. The molecule has 0 unspecified atom stereocenters. The summed E-state index contributed by atoms with van der Waals surface area (Å²) in [7, 11) is 4.09. The van der Waals surface area contributed by atoms with Crippen LogP contribution in [0.1, 0.15) is 21.5 Å². The van der Waals surface area contributed by atoms with Crippen molar-refractivity contribution in [3.63, 3.8) is 0 Å². The molecule has 1 amide bonds. The summed E-state index contributed by atoms with van der Waals surface area (Å²) in [5.74, 6) is -0.0413. The SMILES string of the molecule is CN(C)Cc1ccccc1CNC(=O)c1ccc2ccccc2c1. The number of benzene rings is 3. The fourth-order valence-corrected chi connectivity index (χ4v) is 2.83. The third-order valence-corrected chi connectivity index (χ3v) is 4.06. The zero-order valence-corrected chi connectivity index (χ0v) is 14.1. The molecule has 24 heavy (non-hydrogen) atoms. The second-order valence-corrected chi connectivity index (χ2v) is 6.25. The first-order valence-corrected chi connectivity index (χ1v) is 8.12. The third kappa shape index (κ3) is 3.81. The van der Waals surface area contributed by atoms with Crippen molar-refractivity contribution in [3.8, 4) is 0 Å². The summed E-state index contributed by atoms with van der Waals surface area (Å²) in [4.78, 5) is 14.6. The van der Waals surface area contributed by atoms with Crippen LogP contribution in [0.5, 0.6) is 0 Å². The first-order chi connectivity index (χ1) is 11.6. The van der Waals surface area contributed by atoms with Gasteiger partial charge in [-0.25, -0.2) is 0 Å². The predicted molar refractivity (Wildman–Crippen MR) is 99.0 cm³/mol. The molecule has 0 radical (unpaired) electrons. The van der Waals surface area contributed by atoms with Crippen molar-refractivity contribution < 1.29 is 4.79 Å². The van der Waals surface area contributed by atoms with Crippen LogP contribution in [-0.2, 0) is 13.1 Å². The number of carbonyl (C=O) groups excluding carboxylic acids is 1. The van der Waals surface area contributed by atoms with Crippen LogP contribution in [-0.4, -0.2) is 24.9 Å². The Hall–Kier alpha value is -2.65. The van der Waals surface area contributed by atoms with Crippen LogP contribution in [0.15, 0.2) is 66.7 Å². The zero-order valence-electron chi connectivity index (χ0n) is 14.1. The van der Waals surface area contributed by atoms with E-state index in [1.807, 2.05) is 62.6 Å². The Bertz CT molecular complexity index is 855. The average molecular weight is 318 g/mol. The molecule has 0 atom stereocenters. The molecule has 0 aliphatic rings. The molecule has 0 spiro atoms. The quantitative estimate of drug-likeness (QED) is 0.775. The van der Waals surface area contributed by atoms with Crippen LogP contribution in [0, 0.1) is 0 Å². The van der Waals surface area contributed by atoms with E-state index < -0.39 is 0 Å². The Morgan fingerprint density at radius 1 is 0.875 bits per heavy atom. The number of carbonyl (C=O) groups is 1. The van der Waals surface area contributed by atoms with Gasteiger partial charge in [-0.3, -0.25) is 4.79 Å². The van der Waals surface area contributed by atoms with Crippen LogP contribution < -0.4 is 5.32 Å². The number of hydrogen-bond acceptors (Lipinski definition) is 2. The molecule has 3 heteroatoms. The number of rotatable bonds is 5. The molecular formula is C21H22N2O. The Balaban J connectivity index is 1.73. The maximum atomic E-state index is 12.5. The lowest BCUT2D eigenvalue weighted by Crippen LogP contribution is -2.24. The van der Waals surface area contributed by atoms with E-state index in [4.69, 9.17) is 0 Å². The van der Waals surface area contributed by atoms with E-state index in [0.29, 0.717) is 12.1 Å². The van der Waals surface area contributed by atoms with Crippen molar-refractivity contribution in [2.75, 3.05) is 14.1 Å². The molecule has 3 rings (SSSR count). The van der Waals surface area contributed by atoms with E-state index in [0.717, 1.165) is 22.9 Å². The van der Waals surface area contributed by atoms with Crippen molar-refractivity contribution >= 4 is 16.7 Å². The molecular weight excluding hydrogens is 296 g/mol.